The second-order valence-corrected chi connectivity index (χ2v) is 7.06. The molecule has 0 fully saturated rings. The fourth-order valence-electron chi connectivity index (χ4n) is 4.27. The van der Waals surface area contributed by atoms with Gasteiger partial charge in [-0.1, -0.05) is 62.6 Å². The lowest BCUT2D eigenvalue weighted by Crippen LogP contribution is -2.14. The van der Waals surface area contributed by atoms with E-state index in [0.717, 1.165) is 11.6 Å². The SMILES string of the molecule is CCCCC1CCc2ccc3c(ccc4c(N)cccc43)c2C1. The lowest BCUT2D eigenvalue weighted by atomic mass is 9.79. The predicted molar refractivity (Wildman–Crippen MR) is 101 cm³/mol. The van der Waals surface area contributed by atoms with Crippen LogP contribution in [0.15, 0.2) is 42.5 Å². The van der Waals surface area contributed by atoms with Crippen molar-refractivity contribution in [1.82, 2.24) is 0 Å². The van der Waals surface area contributed by atoms with Gasteiger partial charge in [0.05, 0.1) is 0 Å². The van der Waals surface area contributed by atoms with Gasteiger partial charge in [-0.25, -0.2) is 0 Å². The second kappa shape index (κ2) is 5.88. The minimum Gasteiger partial charge on any atom is -0.398 e. The van der Waals surface area contributed by atoms with Gasteiger partial charge in [0.25, 0.3) is 0 Å². The average molecular weight is 303 g/mol. The third-order valence-corrected chi connectivity index (χ3v) is 5.58. The molecule has 0 heterocycles. The molecule has 0 saturated heterocycles. The summed E-state index contributed by atoms with van der Waals surface area (Å²) >= 11 is 0. The zero-order valence-electron chi connectivity index (χ0n) is 13.9. The zero-order chi connectivity index (χ0) is 15.8. The number of unbranched alkanes of at least 4 members (excludes halogenated alkanes) is 1. The van der Waals surface area contributed by atoms with Crippen LogP contribution in [0, 0.1) is 5.92 Å². The first kappa shape index (κ1) is 14.6. The Hall–Kier alpha value is -2.02. The van der Waals surface area contributed by atoms with Gasteiger partial charge in [0.2, 0.25) is 0 Å². The summed E-state index contributed by atoms with van der Waals surface area (Å²) in [7, 11) is 0. The second-order valence-electron chi connectivity index (χ2n) is 7.06. The van der Waals surface area contributed by atoms with Crippen LogP contribution in [0.1, 0.15) is 43.7 Å². The van der Waals surface area contributed by atoms with E-state index in [1.165, 1.54) is 60.1 Å². The highest BCUT2D eigenvalue weighted by Crippen LogP contribution is 2.37. The van der Waals surface area contributed by atoms with Crippen molar-refractivity contribution in [2.45, 2.75) is 45.4 Å². The molecule has 118 valence electrons. The van der Waals surface area contributed by atoms with Crippen LogP contribution in [0.5, 0.6) is 0 Å². The van der Waals surface area contributed by atoms with Gasteiger partial charge in [0.15, 0.2) is 0 Å². The number of anilines is 1. The summed E-state index contributed by atoms with van der Waals surface area (Å²) in [4.78, 5) is 0. The highest BCUT2D eigenvalue weighted by molar-refractivity contribution is 6.12. The van der Waals surface area contributed by atoms with Crippen molar-refractivity contribution in [3.8, 4) is 0 Å². The highest BCUT2D eigenvalue weighted by Gasteiger charge is 2.20. The summed E-state index contributed by atoms with van der Waals surface area (Å²) in [5, 5.41) is 5.28. The largest absolute Gasteiger partial charge is 0.398 e. The molecule has 0 spiro atoms. The molecule has 0 amide bonds. The first-order chi connectivity index (χ1) is 11.3. The molecule has 1 atom stereocenters. The maximum absolute atomic E-state index is 6.16. The van der Waals surface area contributed by atoms with Crippen molar-refractivity contribution in [2.24, 2.45) is 5.92 Å². The molecule has 1 aliphatic rings. The van der Waals surface area contributed by atoms with Crippen molar-refractivity contribution in [3.05, 3.63) is 53.6 Å². The Kier molecular flexibility index (Phi) is 3.72. The minimum absolute atomic E-state index is 0.865. The Morgan fingerprint density at radius 3 is 2.61 bits per heavy atom. The van der Waals surface area contributed by atoms with Gasteiger partial charge in [0, 0.05) is 11.1 Å². The molecule has 1 heteroatoms. The summed E-state index contributed by atoms with van der Waals surface area (Å²) in [5.41, 5.74) is 10.2. The normalized spacial score (nSPS) is 17.5. The molecular formula is C22H25N. The Balaban J connectivity index is 1.86. The number of nitrogen functional groups attached to an aromatic ring is 1. The molecule has 3 aromatic carbocycles. The third-order valence-electron chi connectivity index (χ3n) is 5.58. The van der Waals surface area contributed by atoms with Gasteiger partial charge in [-0.15, -0.1) is 0 Å². The fraction of sp³-hybridized carbons (Fsp3) is 0.364. The van der Waals surface area contributed by atoms with E-state index < -0.39 is 0 Å². The van der Waals surface area contributed by atoms with Crippen LogP contribution in [-0.4, -0.2) is 0 Å². The molecule has 1 nitrogen and oxygen atoms in total. The van der Waals surface area contributed by atoms with Gasteiger partial charge in [-0.3, -0.25) is 0 Å². The van der Waals surface area contributed by atoms with Crippen LogP contribution in [0.25, 0.3) is 21.5 Å². The number of rotatable bonds is 3. The van der Waals surface area contributed by atoms with Crippen molar-refractivity contribution in [2.75, 3.05) is 5.73 Å². The molecule has 0 bridgehead atoms. The Morgan fingerprint density at radius 1 is 0.957 bits per heavy atom. The smallest absolute Gasteiger partial charge is 0.0393 e. The highest BCUT2D eigenvalue weighted by atomic mass is 14.5. The van der Waals surface area contributed by atoms with Crippen LogP contribution in [0.4, 0.5) is 5.69 Å². The monoisotopic (exact) mass is 303 g/mol. The van der Waals surface area contributed by atoms with Gasteiger partial charge in [-0.2, -0.15) is 0 Å². The number of fused-ring (bicyclic) bond motifs is 5. The number of aryl methyl sites for hydroxylation is 1. The summed E-state index contributed by atoms with van der Waals surface area (Å²) in [6.07, 6.45) is 7.91. The Labute approximate surface area is 138 Å². The first-order valence-electron chi connectivity index (χ1n) is 8.99. The molecule has 1 unspecified atom stereocenters. The summed E-state index contributed by atoms with van der Waals surface area (Å²) < 4.78 is 0. The molecule has 4 rings (SSSR count). The molecule has 1 aliphatic carbocycles. The van der Waals surface area contributed by atoms with Crippen LogP contribution >= 0.6 is 0 Å². The van der Waals surface area contributed by atoms with E-state index in [4.69, 9.17) is 5.73 Å². The van der Waals surface area contributed by atoms with Crippen molar-refractivity contribution >= 4 is 27.2 Å². The number of nitrogens with two attached hydrogens (primary N) is 1. The third kappa shape index (κ3) is 2.49. The van der Waals surface area contributed by atoms with E-state index >= 15 is 0 Å². The minimum atomic E-state index is 0.865. The summed E-state index contributed by atoms with van der Waals surface area (Å²) in [6, 6.07) is 15.4. The Morgan fingerprint density at radius 2 is 1.74 bits per heavy atom. The quantitative estimate of drug-likeness (QED) is 0.475. The lowest BCUT2D eigenvalue weighted by molar-refractivity contribution is 0.414. The lowest BCUT2D eigenvalue weighted by Gasteiger charge is -2.26. The fourth-order valence-corrected chi connectivity index (χ4v) is 4.27. The molecule has 2 N–H and O–H groups in total. The van der Waals surface area contributed by atoms with Crippen molar-refractivity contribution in [1.29, 1.82) is 0 Å². The van der Waals surface area contributed by atoms with E-state index in [0.29, 0.717) is 0 Å². The molecule has 23 heavy (non-hydrogen) atoms. The number of benzene rings is 3. The van der Waals surface area contributed by atoms with Crippen LogP contribution < -0.4 is 5.73 Å². The summed E-state index contributed by atoms with van der Waals surface area (Å²) in [6.45, 7) is 2.29. The standard InChI is InChI=1S/C22H25N/c1-2-3-5-15-8-9-16-10-11-18-17-6-4-7-22(23)20(17)13-12-19(18)21(16)14-15/h4,6-7,10-13,15H,2-3,5,8-9,14,23H2,1H3. The van der Waals surface area contributed by atoms with Gasteiger partial charge >= 0.3 is 0 Å². The van der Waals surface area contributed by atoms with Gasteiger partial charge < -0.3 is 5.73 Å². The molecule has 3 aromatic rings. The molecule has 0 radical (unpaired) electrons. The van der Waals surface area contributed by atoms with Crippen LogP contribution in [0.2, 0.25) is 0 Å². The predicted octanol–water partition coefficient (Wildman–Crippen LogP) is 5.87. The topological polar surface area (TPSA) is 26.0 Å². The van der Waals surface area contributed by atoms with Crippen LogP contribution in [-0.2, 0) is 12.8 Å². The summed E-state index contributed by atoms with van der Waals surface area (Å²) in [5.74, 6) is 0.865. The average Bonchev–Trinajstić information content (AvgIpc) is 2.59. The Bertz CT molecular complexity index is 863. The van der Waals surface area contributed by atoms with Gasteiger partial charge in [0.1, 0.15) is 0 Å². The first-order valence-corrected chi connectivity index (χ1v) is 8.99. The van der Waals surface area contributed by atoms with Crippen molar-refractivity contribution in [3.63, 3.8) is 0 Å². The van der Waals surface area contributed by atoms with Crippen molar-refractivity contribution < 1.29 is 0 Å². The van der Waals surface area contributed by atoms with Gasteiger partial charge in [-0.05, 0) is 58.5 Å². The number of hydrogen-bond donors (Lipinski definition) is 1. The molecule has 0 aromatic heterocycles. The number of hydrogen-bond acceptors (Lipinski definition) is 1. The van der Waals surface area contributed by atoms with E-state index in [1.54, 1.807) is 11.1 Å². The molecular weight excluding hydrogens is 278 g/mol. The molecule has 0 aliphatic heterocycles. The zero-order valence-corrected chi connectivity index (χ0v) is 13.9. The maximum atomic E-state index is 6.16. The maximum Gasteiger partial charge on any atom is 0.0393 e. The van der Waals surface area contributed by atoms with Crippen LogP contribution in [0.3, 0.4) is 0 Å². The van der Waals surface area contributed by atoms with E-state index in [2.05, 4.69) is 43.3 Å². The van der Waals surface area contributed by atoms with E-state index in [9.17, 15) is 0 Å². The van der Waals surface area contributed by atoms with E-state index in [-0.39, 0.29) is 0 Å². The molecule has 0 saturated carbocycles. The van der Waals surface area contributed by atoms with E-state index in [1.807, 2.05) is 6.07 Å².